The van der Waals surface area contributed by atoms with Crippen LogP contribution in [0.2, 0.25) is 0 Å². The molecule has 3 N–H and O–H groups in total. The molecule has 0 aromatic heterocycles. The number of hydrogen-bond acceptors (Lipinski definition) is 4. The number of unbranched alkanes of at least 4 members (excludes halogenated alkanes) is 18. The molecule has 0 aromatic carbocycles. The van der Waals surface area contributed by atoms with Gasteiger partial charge >= 0.3 is 0 Å². The van der Waals surface area contributed by atoms with E-state index in [1.54, 1.807) is 0 Å². The summed E-state index contributed by atoms with van der Waals surface area (Å²) in [5.41, 5.74) is 0. The van der Waals surface area contributed by atoms with Gasteiger partial charge in [0.25, 0.3) is 0 Å². The van der Waals surface area contributed by atoms with Gasteiger partial charge in [-0.25, -0.2) is 0 Å². The summed E-state index contributed by atoms with van der Waals surface area (Å²) in [7, 11) is 3.97. The summed E-state index contributed by atoms with van der Waals surface area (Å²) in [6.45, 7) is 6.56. The van der Waals surface area contributed by atoms with E-state index >= 15 is 0 Å². The average Bonchev–Trinajstić information content (AvgIpc) is 3.15. The third-order valence-electron chi connectivity index (χ3n) is 9.70. The highest BCUT2D eigenvalue weighted by Crippen LogP contribution is 2.10. The van der Waals surface area contributed by atoms with Gasteiger partial charge in [0.1, 0.15) is 6.04 Å². The van der Waals surface area contributed by atoms with E-state index in [-0.39, 0.29) is 24.1 Å². The second kappa shape index (κ2) is 41.5. The minimum Gasteiger partial charge on any atom is -0.356 e. The predicted octanol–water partition coefficient (Wildman–Crippen LogP) is 11.5. The number of allylic oxidation sites excluding steroid dienone is 8. The van der Waals surface area contributed by atoms with Crippen LogP contribution in [-0.4, -0.2) is 62.4 Å². The third kappa shape index (κ3) is 39.0. The molecule has 0 aliphatic heterocycles. The number of carbonyl (C=O) groups is 3. The standard InChI is InChI=1S/C47H86N4O3/c1-5-7-9-11-13-15-17-19-21-23-25-27-29-31-33-35-41-48-45(52)40-39-44(50-46(53)38-37-43-51(3)4)47(54)49-42-36-34-32-30-28-26-24-22-20-18-16-14-12-10-8-6-2/h13-16,19-22,44H,5-12,17-18,23-43H2,1-4H3,(H,48,52)(H,49,54)(H,50,53)/b15-13-,16-14-,21-19-,22-20-. The molecule has 1 atom stereocenters. The Morgan fingerprint density at radius 1 is 0.481 bits per heavy atom. The predicted molar refractivity (Wildman–Crippen MR) is 234 cm³/mol. The van der Waals surface area contributed by atoms with Gasteiger partial charge in [-0.3, -0.25) is 14.4 Å². The molecule has 0 spiro atoms. The normalized spacial score (nSPS) is 12.5. The van der Waals surface area contributed by atoms with Crippen molar-refractivity contribution in [3.63, 3.8) is 0 Å². The average molecular weight is 755 g/mol. The van der Waals surface area contributed by atoms with Crippen molar-refractivity contribution in [3.8, 4) is 0 Å². The van der Waals surface area contributed by atoms with Crippen molar-refractivity contribution in [2.24, 2.45) is 0 Å². The van der Waals surface area contributed by atoms with E-state index in [2.05, 4.69) is 78.4 Å². The smallest absolute Gasteiger partial charge is 0.242 e. The van der Waals surface area contributed by atoms with E-state index in [0.29, 0.717) is 25.9 Å². The molecule has 7 nitrogen and oxygen atoms in total. The lowest BCUT2D eigenvalue weighted by Crippen LogP contribution is -2.47. The van der Waals surface area contributed by atoms with Crippen molar-refractivity contribution in [3.05, 3.63) is 48.6 Å². The summed E-state index contributed by atoms with van der Waals surface area (Å²) in [5.74, 6) is -0.369. The maximum absolute atomic E-state index is 13.1. The van der Waals surface area contributed by atoms with E-state index in [0.717, 1.165) is 64.3 Å². The van der Waals surface area contributed by atoms with Gasteiger partial charge in [-0.15, -0.1) is 0 Å². The topological polar surface area (TPSA) is 90.5 Å². The Labute approximate surface area is 334 Å². The zero-order valence-corrected chi connectivity index (χ0v) is 35.8. The summed E-state index contributed by atoms with van der Waals surface area (Å²) >= 11 is 0. The Hall–Kier alpha value is -2.67. The van der Waals surface area contributed by atoms with Crippen LogP contribution < -0.4 is 16.0 Å². The van der Waals surface area contributed by atoms with Crippen molar-refractivity contribution in [1.29, 1.82) is 0 Å². The number of amides is 3. The molecule has 0 saturated carbocycles. The summed E-state index contributed by atoms with van der Waals surface area (Å²) < 4.78 is 0. The van der Waals surface area contributed by atoms with E-state index in [1.165, 1.54) is 103 Å². The first-order chi connectivity index (χ1) is 26.4. The van der Waals surface area contributed by atoms with Gasteiger partial charge < -0.3 is 20.9 Å². The molecule has 0 rings (SSSR count). The fraction of sp³-hybridized carbons (Fsp3) is 0.766. The number of hydrogen-bond donors (Lipinski definition) is 3. The Morgan fingerprint density at radius 3 is 1.37 bits per heavy atom. The molecule has 54 heavy (non-hydrogen) atoms. The Morgan fingerprint density at radius 2 is 0.907 bits per heavy atom. The van der Waals surface area contributed by atoms with Gasteiger partial charge in [0, 0.05) is 25.9 Å². The first-order valence-electron chi connectivity index (χ1n) is 22.5. The van der Waals surface area contributed by atoms with Crippen molar-refractivity contribution >= 4 is 17.7 Å². The summed E-state index contributed by atoms with van der Waals surface area (Å²) in [5, 5.41) is 8.96. The van der Waals surface area contributed by atoms with Crippen LogP contribution in [0.4, 0.5) is 0 Å². The van der Waals surface area contributed by atoms with Gasteiger partial charge in [0.2, 0.25) is 17.7 Å². The summed E-state index contributed by atoms with van der Waals surface area (Å²) in [6, 6.07) is -0.686. The second-order valence-electron chi connectivity index (χ2n) is 15.4. The van der Waals surface area contributed by atoms with Gasteiger partial charge in [-0.05, 0) is 111 Å². The summed E-state index contributed by atoms with van der Waals surface area (Å²) in [6.07, 6.45) is 48.5. The fourth-order valence-corrected chi connectivity index (χ4v) is 6.24. The molecule has 0 fully saturated rings. The highest BCUT2D eigenvalue weighted by atomic mass is 16.2. The van der Waals surface area contributed by atoms with Gasteiger partial charge in [0.05, 0.1) is 0 Å². The van der Waals surface area contributed by atoms with Crippen LogP contribution in [0.15, 0.2) is 48.6 Å². The zero-order valence-electron chi connectivity index (χ0n) is 35.8. The first-order valence-corrected chi connectivity index (χ1v) is 22.5. The molecule has 0 saturated heterocycles. The fourth-order valence-electron chi connectivity index (χ4n) is 6.24. The largest absolute Gasteiger partial charge is 0.356 e. The van der Waals surface area contributed by atoms with E-state index < -0.39 is 6.04 Å². The molecule has 1 unspecified atom stereocenters. The van der Waals surface area contributed by atoms with Gasteiger partial charge in [0.15, 0.2) is 0 Å². The lowest BCUT2D eigenvalue weighted by molar-refractivity contribution is -0.129. The molecule has 0 aliphatic rings. The van der Waals surface area contributed by atoms with Crippen molar-refractivity contribution in [1.82, 2.24) is 20.9 Å². The van der Waals surface area contributed by atoms with Crippen LogP contribution >= 0.6 is 0 Å². The molecule has 0 aromatic rings. The zero-order chi connectivity index (χ0) is 39.6. The molecule has 0 heterocycles. The first kappa shape index (κ1) is 51.3. The molecule has 0 aliphatic carbocycles. The quantitative estimate of drug-likeness (QED) is 0.0430. The van der Waals surface area contributed by atoms with Crippen molar-refractivity contribution in [2.75, 3.05) is 33.7 Å². The van der Waals surface area contributed by atoms with Crippen molar-refractivity contribution < 1.29 is 14.4 Å². The highest BCUT2D eigenvalue weighted by molar-refractivity contribution is 5.88. The van der Waals surface area contributed by atoms with E-state index in [4.69, 9.17) is 0 Å². The van der Waals surface area contributed by atoms with Crippen LogP contribution in [-0.2, 0) is 14.4 Å². The Bertz CT molecular complexity index is 987. The second-order valence-corrected chi connectivity index (χ2v) is 15.4. The molecular formula is C47H86N4O3. The van der Waals surface area contributed by atoms with Crippen molar-refractivity contribution in [2.45, 2.75) is 200 Å². The Balaban J connectivity index is 4.17. The minimum absolute atomic E-state index is 0.0534. The van der Waals surface area contributed by atoms with E-state index in [9.17, 15) is 14.4 Å². The minimum atomic E-state index is -0.686. The third-order valence-corrected chi connectivity index (χ3v) is 9.70. The molecule has 3 amide bonds. The molecule has 0 radical (unpaired) electrons. The van der Waals surface area contributed by atoms with Gasteiger partial charge in [-0.2, -0.15) is 0 Å². The summed E-state index contributed by atoms with van der Waals surface area (Å²) in [4.78, 5) is 40.4. The van der Waals surface area contributed by atoms with Crippen LogP contribution in [0.25, 0.3) is 0 Å². The lowest BCUT2D eigenvalue weighted by atomic mass is 10.1. The monoisotopic (exact) mass is 755 g/mol. The SMILES string of the molecule is CCCCC/C=C\C/C=C\CCCCCCCCNC(=O)CCC(NC(=O)CCCN(C)C)C(=O)NCCCCCCCC/C=C\C/C=C\CCCCC. The van der Waals surface area contributed by atoms with Crippen LogP contribution in [0.3, 0.4) is 0 Å². The van der Waals surface area contributed by atoms with Gasteiger partial charge in [-0.1, -0.05) is 140 Å². The highest BCUT2D eigenvalue weighted by Gasteiger charge is 2.21. The molecule has 0 bridgehead atoms. The Kier molecular flexibility index (Phi) is 39.4. The number of carbonyl (C=O) groups excluding carboxylic acids is 3. The van der Waals surface area contributed by atoms with Crippen LogP contribution in [0.1, 0.15) is 194 Å². The number of nitrogens with one attached hydrogen (secondary N) is 3. The lowest BCUT2D eigenvalue weighted by Gasteiger charge is -2.19. The van der Waals surface area contributed by atoms with Crippen LogP contribution in [0, 0.1) is 0 Å². The van der Waals surface area contributed by atoms with E-state index in [1.807, 2.05) is 19.0 Å². The maximum Gasteiger partial charge on any atom is 0.242 e. The molecule has 7 heteroatoms. The maximum atomic E-state index is 13.1. The molecule has 312 valence electrons. The van der Waals surface area contributed by atoms with Crippen LogP contribution in [0.5, 0.6) is 0 Å². The number of rotatable bonds is 39. The molecular weight excluding hydrogens is 669 g/mol. The number of nitrogens with zero attached hydrogens (tertiary/aromatic N) is 1.